The number of likely N-dealkylation sites (tertiary alicyclic amines) is 1. The molecule has 0 radical (unpaired) electrons. The van der Waals surface area contributed by atoms with Gasteiger partial charge in [0, 0.05) is 36.2 Å². The van der Waals surface area contributed by atoms with Gasteiger partial charge in [-0.2, -0.15) is 5.10 Å². The summed E-state index contributed by atoms with van der Waals surface area (Å²) in [5, 5.41) is 35.7. The number of aromatic hydroxyl groups is 1. The van der Waals surface area contributed by atoms with Crippen molar-refractivity contribution in [3.8, 4) is 11.5 Å². The van der Waals surface area contributed by atoms with Crippen molar-refractivity contribution < 1.29 is 24.5 Å². The molecule has 1 fully saturated rings. The summed E-state index contributed by atoms with van der Waals surface area (Å²) in [6.07, 6.45) is 2.36. The number of methoxy groups -OCH3 is 1. The van der Waals surface area contributed by atoms with Crippen LogP contribution in [0.25, 0.3) is 0 Å². The van der Waals surface area contributed by atoms with Crippen molar-refractivity contribution in [3.63, 3.8) is 0 Å². The second kappa shape index (κ2) is 10.5. The number of hydrazone groups is 1. The van der Waals surface area contributed by atoms with Gasteiger partial charge in [0.1, 0.15) is 0 Å². The average molecular weight is 457 g/mol. The van der Waals surface area contributed by atoms with Crippen molar-refractivity contribution in [1.82, 2.24) is 10.3 Å². The van der Waals surface area contributed by atoms with Crippen molar-refractivity contribution in [2.75, 3.05) is 20.2 Å². The number of phenolic OH excluding ortho intramolecular Hbond substituents is 1. The van der Waals surface area contributed by atoms with E-state index in [9.17, 15) is 30.1 Å². The monoisotopic (exact) mass is 457 g/mol. The third kappa shape index (κ3) is 6.01. The summed E-state index contributed by atoms with van der Waals surface area (Å²) >= 11 is 0. The number of hydrogen-bond acceptors (Lipinski definition) is 9. The van der Waals surface area contributed by atoms with E-state index < -0.39 is 9.85 Å². The van der Waals surface area contributed by atoms with Gasteiger partial charge in [0.15, 0.2) is 11.5 Å². The number of rotatable bonds is 8. The van der Waals surface area contributed by atoms with Gasteiger partial charge < -0.3 is 9.84 Å². The predicted molar refractivity (Wildman–Crippen MR) is 118 cm³/mol. The van der Waals surface area contributed by atoms with Gasteiger partial charge in [-0.25, -0.2) is 5.43 Å². The van der Waals surface area contributed by atoms with Gasteiger partial charge in [0.25, 0.3) is 11.4 Å². The fraction of sp³-hybridized carbons (Fsp3) is 0.333. The summed E-state index contributed by atoms with van der Waals surface area (Å²) in [4.78, 5) is 35.3. The van der Waals surface area contributed by atoms with Crippen LogP contribution < -0.4 is 10.2 Å². The number of benzene rings is 2. The number of nitrogens with one attached hydrogen (secondary N) is 1. The molecule has 0 spiro atoms. The van der Waals surface area contributed by atoms with Crippen molar-refractivity contribution in [3.05, 3.63) is 67.8 Å². The number of carbonyl (C=O) groups excluding carboxylic acids is 1. The fourth-order valence-electron chi connectivity index (χ4n) is 3.56. The Labute approximate surface area is 188 Å². The molecular formula is C21H23N5O7. The van der Waals surface area contributed by atoms with E-state index in [1.165, 1.54) is 19.2 Å². The van der Waals surface area contributed by atoms with Crippen LogP contribution in [0.3, 0.4) is 0 Å². The van der Waals surface area contributed by atoms with E-state index >= 15 is 0 Å². The quantitative estimate of drug-likeness (QED) is 0.347. The zero-order valence-corrected chi connectivity index (χ0v) is 17.8. The maximum absolute atomic E-state index is 12.4. The Morgan fingerprint density at radius 2 is 1.82 bits per heavy atom. The van der Waals surface area contributed by atoms with Crippen molar-refractivity contribution >= 4 is 23.5 Å². The number of hydrogen-bond donors (Lipinski definition) is 2. The standard InChI is InChI=1S/C21H23N5O7/c1-33-19-11-18(26(31)32)10-16(20(19)27)12-22-23-21(28)15-6-8-24(9-7-15)13-14-2-4-17(5-3-14)25(29)30/h2-5,10-12,15,27H,6-9,13H2,1H3,(H,23,28)/b22-12-. The summed E-state index contributed by atoms with van der Waals surface area (Å²) < 4.78 is 4.93. The van der Waals surface area contributed by atoms with Gasteiger partial charge in [-0.1, -0.05) is 12.1 Å². The van der Waals surface area contributed by atoms with Gasteiger partial charge in [0.2, 0.25) is 5.91 Å². The molecule has 12 nitrogen and oxygen atoms in total. The highest BCUT2D eigenvalue weighted by molar-refractivity contribution is 5.87. The van der Waals surface area contributed by atoms with Crippen LogP contribution in [0.15, 0.2) is 41.5 Å². The first-order chi connectivity index (χ1) is 15.8. The molecule has 1 aliphatic heterocycles. The molecule has 0 unspecified atom stereocenters. The molecule has 0 bridgehead atoms. The average Bonchev–Trinajstić information content (AvgIpc) is 2.80. The molecule has 174 valence electrons. The molecule has 33 heavy (non-hydrogen) atoms. The minimum Gasteiger partial charge on any atom is -0.504 e. The van der Waals surface area contributed by atoms with Crippen LogP contribution in [0.4, 0.5) is 11.4 Å². The zero-order valence-electron chi connectivity index (χ0n) is 17.8. The van der Waals surface area contributed by atoms with Crippen LogP contribution in [0.5, 0.6) is 11.5 Å². The lowest BCUT2D eigenvalue weighted by atomic mass is 9.96. The second-order valence-corrected chi connectivity index (χ2v) is 7.55. The first-order valence-electron chi connectivity index (χ1n) is 10.1. The van der Waals surface area contributed by atoms with Crippen molar-refractivity contribution in [2.45, 2.75) is 19.4 Å². The Bertz CT molecular complexity index is 1060. The Balaban J connectivity index is 1.52. The molecule has 12 heteroatoms. The van der Waals surface area contributed by atoms with Crippen LogP contribution in [0, 0.1) is 26.1 Å². The number of phenols is 1. The van der Waals surface area contributed by atoms with Crippen molar-refractivity contribution in [1.29, 1.82) is 0 Å². The molecule has 0 atom stereocenters. The molecule has 2 aromatic carbocycles. The van der Waals surface area contributed by atoms with E-state index in [4.69, 9.17) is 4.74 Å². The van der Waals surface area contributed by atoms with E-state index in [-0.39, 0.29) is 40.3 Å². The smallest absolute Gasteiger partial charge is 0.274 e. The number of ether oxygens (including phenoxy) is 1. The molecule has 1 saturated heterocycles. The number of nitrogens with zero attached hydrogens (tertiary/aromatic N) is 4. The number of amides is 1. The highest BCUT2D eigenvalue weighted by atomic mass is 16.6. The summed E-state index contributed by atoms with van der Waals surface area (Å²) in [5.41, 5.74) is 3.19. The third-order valence-corrected chi connectivity index (χ3v) is 5.41. The summed E-state index contributed by atoms with van der Waals surface area (Å²) in [7, 11) is 1.27. The van der Waals surface area contributed by atoms with Crippen LogP contribution in [-0.4, -0.2) is 52.2 Å². The maximum atomic E-state index is 12.4. The molecule has 2 aromatic rings. The molecule has 2 N–H and O–H groups in total. The number of nitro groups is 2. The van der Waals surface area contributed by atoms with Gasteiger partial charge in [-0.15, -0.1) is 0 Å². The number of piperidine rings is 1. The Kier molecular flexibility index (Phi) is 7.51. The van der Waals surface area contributed by atoms with Crippen LogP contribution in [0.2, 0.25) is 0 Å². The Morgan fingerprint density at radius 3 is 2.39 bits per heavy atom. The normalized spacial score (nSPS) is 14.8. The van der Waals surface area contributed by atoms with E-state index in [1.807, 2.05) is 0 Å². The van der Waals surface area contributed by atoms with Crippen LogP contribution in [0.1, 0.15) is 24.0 Å². The van der Waals surface area contributed by atoms with E-state index in [2.05, 4.69) is 15.4 Å². The Hall–Kier alpha value is -4.06. The Morgan fingerprint density at radius 1 is 1.18 bits per heavy atom. The third-order valence-electron chi connectivity index (χ3n) is 5.41. The molecule has 1 amide bonds. The minimum absolute atomic E-state index is 0.0410. The molecule has 0 aliphatic carbocycles. The number of non-ortho nitro benzene ring substituents is 2. The first-order valence-corrected chi connectivity index (χ1v) is 10.1. The van der Waals surface area contributed by atoms with E-state index in [1.54, 1.807) is 12.1 Å². The van der Waals surface area contributed by atoms with Crippen LogP contribution >= 0.6 is 0 Å². The van der Waals surface area contributed by atoms with Crippen LogP contribution in [-0.2, 0) is 11.3 Å². The summed E-state index contributed by atoms with van der Waals surface area (Å²) in [6, 6.07) is 8.62. The number of nitro benzene ring substituents is 2. The summed E-state index contributed by atoms with van der Waals surface area (Å²) in [6.45, 7) is 2.00. The lowest BCUT2D eigenvalue weighted by Crippen LogP contribution is -2.39. The SMILES string of the molecule is COc1cc([N+](=O)[O-])cc(/C=N\NC(=O)C2CCN(Cc3ccc([N+](=O)[O-])cc3)CC2)c1O. The fourth-order valence-corrected chi connectivity index (χ4v) is 3.56. The molecule has 1 heterocycles. The predicted octanol–water partition coefficient (Wildman–Crippen LogP) is 2.58. The van der Waals surface area contributed by atoms with Gasteiger partial charge in [-0.3, -0.25) is 29.9 Å². The van der Waals surface area contributed by atoms with E-state index in [0.717, 1.165) is 23.9 Å². The molecule has 0 saturated carbocycles. The zero-order chi connectivity index (χ0) is 24.0. The highest BCUT2D eigenvalue weighted by Gasteiger charge is 2.25. The topological polar surface area (TPSA) is 160 Å². The second-order valence-electron chi connectivity index (χ2n) is 7.55. The molecular weight excluding hydrogens is 434 g/mol. The van der Waals surface area contributed by atoms with Crippen molar-refractivity contribution in [2.24, 2.45) is 11.0 Å². The molecule has 1 aliphatic rings. The lowest BCUT2D eigenvalue weighted by molar-refractivity contribution is -0.385. The first kappa shape index (κ1) is 23.6. The van der Waals surface area contributed by atoms with Gasteiger partial charge in [0.05, 0.1) is 29.2 Å². The van der Waals surface area contributed by atoms with Gasteiger partial charge in [-0.05, 0) is 31.5 Å². The maximum Gasteiger partial charge on any atom is 0.274 e. The summed E-state index contributed by atoms with van der Waals surface area (Å²) in [5.74, 6) is -0.917. The minimum atomic E-state index is -0.623. The largest absolute Gasteiger partial charge is 0.504 e. The highest BCUT2D eigenvalue weighted by Crippen LogP contribution is 2.33. The number of carbonyl (C=O) groups is 1. The van der Waals surface area contributed by atoms with E-state index in [0.29, 0.717) is 32.5 Å². The van der Waals surface area contributed by atoms with Gasteiger partial charge >= 0.3 is 0 Å². The molecule has 0 aromatic heterocycles. The molecule has 3 rings (SSSR count). The lowest BCUT2D eigenvalue weighted by Gasteiger charge is -2.30.